The molecule has 0 fully saturated rings. The molecule has 8 nitrogen and oxygen atoms in total. The van der Waals surface area contributed by atoms with Crippen molar-refractivity contribution in [2.75, 3.05) is 11.4 Å². The fourth-order valence-electron chi connectivity index (χ4n) is 3.50. The molecule has 2 amide bonds. The van der Waals surface area contributed by atoms with Gasteiger partial charge in [-0.2, -0.15) is 5.10 Å². The zero-order chi connectivity index (χ0) is 22.1. The molecular weight excluding hydrogens is 401 g/mol. The first kappa shape index (κ1) is 20.3. The monoisotopic (exact) mass is 421 g/mol. The number of fused-ring (bicyclic) bond motifs is 1. The number of rotatable bonds is 6. The molecule has 0 saturated heterocycles. The highest BCUT2D eigenvalue weighted by molar-refractivity contribution is 6.14. The first-order chi connectivity index (χ1) is 14.8. The van der Waals surface area contributed by atoms with Gasteiger partial charge in [0.25, 0.3) is 5.91 Å². The molecule has 3 aromatic heterocycles. The maximum absolute atomic E-state index is 13.7. The van der Waals surface area contributed by atoms with E-state index < -0.39 is 11.7 Å². The topological polar surface area (TPSA) is 107 Å². The Hall–Kier alpha value is -4.01. The molecule has 0 spiro atoms. The van der Waals surface area contributed by atoms with Gasteiger partial charge in [-0.25, -0.2) is 9.37 Å². The second kappa shape index (κ2) is 8.02. The Morgan fingerprint density at radius 2 is 1.97 bits per heavy atom. The highest BCUT2D eigenvalue weighted by atomic mass is 19.1. The average molecular weight is 421 g/mol. The normalized spacial score (nSPS) is 11.1. The number of furan rings is 1. The van der Waals surface area contributed by atoms with Crippen molar-refractivity contribution in [1.82, 2.24) is 14.8 Å². The molecule has 4 aromatic rings. The Morgan fingerprint density at radius 3 is 2.61 bits per heavy atom. The van der Waals surface area contributed by atoms with Gasteiger partial charge in [0.1, 0.15) is 11.5 Å². The highest BCUT2D eigenvalue weighted by Gasteiger charge is 2.25. The Bertz CT molecular complexity index is 1260. The molecule has 1 aromatic carbocycles. The summed E-state index contributed by atoms with van der Waals surface area (Å²) in [5, 5.41) is 4.99. The molecule has 0 saturated carbocycles. The quantitative estimate of drug-likeness (QED) is 0.514. The number of primary amides is 1. The van der Waals surface area contributed by atoms with Crippen LogP contribution < -0.4 is 10.6 Å². The van der Waals surface area contributed by atoms with Gasteiger partial charge < -0.3 is 15.1 Å². The number of pyridine rings is 1. The van der Waals surface area contributed by atoms with Gasteiger partial charge in [0, 0.05) is 25.7 Å². The van der Waals surface area contributed by atoms with Crippen LogP contribution >= 0.6 is 0 Å². The van der Waals surface area contributed by atoms with E-state index in [1.165, 1.54) is 35.4 Å². The number of carbonyl (C=O) groups is 2. The lowest BCUT2D eigenvalue weighted by Crippen LogP contribution is -2.34. The number of aryl methyl sites for hydroxylation is 2. The van der Waals surface area contributed by atoms with Crippen molar-refractivity contribution in [1.29, 1.82) is 0 Å². The number of benzene rings is 1. The number of carbonyl (C=O) groups excluding carboxylic acids is 2. The molecule has 0 aliphatic heterocycles. The van der Waals surface area contributed by atoms with Crippen LogP contribution in [-0.4, -0.2) is 33.1 Å². The Balaban J connectivity index is 1.88. The van der Waals surface area contributed by atoms with Crippen molar-refractivity contribution in [3.05, 3.63) is 65.8 Å². The van der Waals surface area contributed by atoms with Crippen LogP contribution in [0.5, 0.6) is 0 Å². The van der Waals surface area contributed by atoms with E-state index in [1.807, 2.05) is 0 Å². The SMILES string of the molecule is Cc1nn(C)c2nc(-c3ccco3)cc(C(=O)N(CCC(N)=O)c3ccc(F)cc3)c12. The molecule has 3 heterocycles. The van der Waals surface area contributed by atoms with Crippen molar-refractivity contribution in [3.63, 3.8) is 0 Å². The van der Waals surface area contributed by atoms with Crippen molar-refractivity contribution >= 4 is 28.5 Å². The van der Waals surface area contributed by atoms with Crippen molar-refractivity contribution in [2.45, 2.75) is 13.3 Å². The molecule has 0 bridgehead atoms. The van der Waals surface area contributed by atoms with Gasteiger partial charge in [-0.3, -0.25) is 14.3 Å². The van der Waals surface area contributed by atoms with E-state index in [4.69, 9.17) is 10.2 Å². The average Bonchev–Trinajstić information content (AvgIpc) is 3.37. The van der Waals surface area contributed by atoms with Crippen LogP contribution in [0.4, 0.5) is 10.1 Å². The Labute approximate surface area is 177 Å². The zero-order valence-corrected chi connectivity index (χ0v) is 17.0. The van der Waals surface area contributed by atoms with Crippen LogP contribution in [-0.2, 0) is 11.8 Å². The lowest BCUT2D eigenvalue weighted by Gasteiger charge is -2.23. The van der Waals surface area contributed by atoms with Gasteiger partial charge >= 0.3 is 0 Å². The van der Waals surface area contributed by atoms with E-state index in [2.05, 4.69) is 10.1 Å². The molecule has 0 aliphatic carbocycles. The molecule has 9 heteroatoms. The summed E-state index contributed by atoms with van der Waals surface area (Å²) in [4.78, 5) is 31.2. The number of aromatic nitrogens is 3. The maximum atomic E-state index is 13.7. The summed E-state index contributed by atoms with van der Waals surface area (Å²) in [5.41, 5.74) is 7.72. The van der Waals surface area contributed by atoms with E-state index in [0.717, 1.165) is 0 Å². The summed E-state index contributed by atoms with van der Waals surface area (Å²) in [7, 11) is 1.74. The van der Waals surface area contributed by atoms with Crippen molar-refractivity contribution in [2.24, 2.45) is 12.8 Å². The van der Waals surface area contributed by atoms with Gasteiger partial charge in [0.15, 0.2) is 11.4 Å². The number of anilines is 1. The van der Waals surface area contributed by atoms with E-state index >= 15 is 0 Å². The number of hydrogen-bond acceptors (Lipinski definition) is 5. The lowest BCUT2D eigenvalue weighted by molar-refractivity contribution is -0.117. The molecule has 0 aliphatic rings. The molecule has 4 rings (SSSR count). The lowest BCUT2D eigenvalue weighted by atomic mass is 10.1. The van der Waals surface area contributed by atoms with Gasteiger partial charge in [-0.05, 0) is 49.4 Å². The van der Waals surface area contributed by atoms with Crippen LogP contribution in [0.25, 0.3) is 22.5 Å². The minimum absolute atomic E-state index is 0.0407. The molecular formula is C22H20FN5O3. The van der Waals surface area contributed by atoms with Gasteiger partial charge in [0.2, 0.25) is 5.91 Å². The van der Waals surface area contributed by atoms with Crippen molar-refractivity contribution in [3.8, 4) is 11.5 Å². The number of amides is 2. The molecule has 31 heavy (non-hydrogen) atoms. The molecule has 2 N–H and O–H groups in total. The smallest absolute Gasteiger partial charge is 0.259 e. The second-order valence-corrected chi connectivity index (χ2v) is 7.09. The largest absolute Gasteiger partial charge is 0.463 e. The predicted octanol–water partition coefficient (Wildman–Crippen LogP) is 3.20. The standard InChI is InChI=1S/C22H20FN5O3/c1-13-20-16(12-17(18-4-3-11-31-18)25-21(20)27(2)26-13)22(30)28(10-9-19(24)29)15-7-5-14(23)6-8-15/h3-8,11-12H,9-10H2,1-2H3,(H2,24,29). The second-order valence-electron chi connectivity index (χ2n) is 7.09. The number of nitrogens with two attached hydrogens (primary N) is 1. The summed E-state index contributed by atoms with van der Waals surface area (Å²) in [6.07, 6.45) is 1.48. The maximum Gasteiger partial charge on any atom is 0.259 e. The third kappa shape index (κ3) is 3.89. The third-order valence-electron chi connectivity index (χ3n) is 4.94. The molecule has 0 unspecified atom stereocenters. The van der Waals surface area contributed by atoms with Crippen LogP contribution in [0.2, 0.25) is 0 Å². The van der Waals surface area contributed by atoms with Crippen LogP contribution in [0.15, 0.2) is 53.1 Å². The summed E-state index contributed by atoms with van der Waals surface area (Å²) in [6, 6.07) is 10.6. The molecule has 158 valence electrons. The van der Waals surface area contributed by atoms with Gasteiger partial charge in [-0.15, -0.1) is 0 Å². The van der Waals surface area contributed by atoms with E-state index in [0.29, 0.717) is 39.4 Å². The predicted molar refractivity (Wildman–Crippen MR) is 113 cm³/mol. The zero-order valence-electron chi connectivity index (χ0n) is 17.0. The number of halogens is 1. The first-order valence-electron chi connectivity index (χ1n) is 9.59. The fourth-order valence-corrected chi connectivity index (χ4v) is 3.50. The van der Waals surface area contributed by atoms with Gasteiger partial charge in [-0.1, -0.05) is 0 Å². The summed E-state index contributed by atoms with van der Waals surface area (Å²) in [5.74, 6) is -0.862. The van der Waals surface area contributed by atoms with Crippen LogP contribution in [0.1, 0.15) is 22.5 Å². The minimum Gasteiger partial charge on any atom is -0.463 e. The third-order valence-corrected chi connectivity index (χ3v) is 4.94. The molecule has 0 radical (unpaired) electrons. The Morgan fingerprint density at radius 1 is 1.23 bits per heavy atom. The van der Waals surface area contributed by atoms with Gasteiger partial charge in [0.05, 0.1) is 22.9 Å². The summed E-state index contributed by atoms with van der Waals surface area (Å²) >= 11 is 0. The minimum atomic E-state index is -0.548. The number of hydrogen-bond donors (Lipinski definition) is 1. The summed E-state index contributed by atoms with van der Waals surface area (Å²) in [6.45, 7) is 1.83. The molecule has 0 atom stereocenters. The van der Waals surface area contributed by atoms with Crippen LogP contribution in [0.3, 0.4) is 0 Å². The fraction of sp³-hybridized carbons (Fsp3) is 0.182. The summed E-state index contributed by atoms with van der Waals surface area (Å²) < 4.78 is 20.5. The first-order valence-corrected chi connectivity index (χ1v) is 9.59. The Kier molecular flexibility index (Phi) is 5.24. The number of nitrogens with zero attached hydrogens (tertiary/aromatic N) is 4. The van der Waals surface area contributed by atoms with E-state index in [-0.39, 0.29) is 18.9 Å². The van der Waals surface area contributed by atoms with Crippen molar-refractivity contribution < 1.29 is 18.4 Å². The highest BCUT2D eigenvalue weighted by Crippen LogP contribution is 2.29. The van der Waals surface area contributed by atoms with E-state index in [1.54, 1.807) is 36.9 Å². The van der Waals surface area contributed by atoms with E-state index in [9.17, 15) is 14.0 Å². The van der Waals surface area contributed by atoms with Crippen LogP contribution in [0, 0.1) is 12.7 Å².